The normalized spacial score (nSPS) is 10.2. The van der Waals surface area contributed by atoms with Gasteiger partial charge in [0.15, 0.2) is 0 Å². The Hall–Kier alpha value is -0.280. The highest BCUT2D eigenvalue weighted by atomic mass is 79.9. The van der Waals surface area contributed by atoms with Gasteiger partial charge in [0, 0.05) is 4.47 Å². The smallest absolute Gasteiger partial charge is 0.00134 e. The second kappa shape index (κ2) is 3.21. The summed E-state index contributed by atoms with van der Waals surface area (Å²) >= 11 is 3.26. The number of hydrogen-bond acceptors (Lipinski definition) is 2. The summed E-state index contributed by atoms with van der Waals surface area (Å²) in [5.41, 5.74) is 0. The monoisotopic (exact) mass is 217 g/mol. The van der Waals surface area contributed by atoms with E-state index in [1.54, 1.807) is 6.07 Å². The van der Waals surface area contributed by atoms with Crippen LogP contribution in [0.5, 0.6) is 0 Å². The molecule has 0 unspecified atom stereocenters. The summed E-state index contributed by atoms with van der Waals surface area (Å²) in [7, 11) is -1.14. The first kappa shape index (κ1) is 7.82. The molecule has 10 heavy (non-hydrogen) atoms. The quantitative estimate of drug-likeness (QED) is 0.521. The molecule has 1 nitrogen and oxygen atoms in total. The Morgan fingerprint density at radius 3 is 2.40 bits per heavy atom. The minimum absolute atomic E-state index is 0.738. The predicted octanol–water partition coefficient (Wildman–Crippen LogP) is 2.20. The third-order valence-electron chi connectivity index (χ3n) is 1.08. The van der Waals surface area contributed by atoms with Crippen LogP contribution in [0.15, 0.2) is 33.6 Å². The molecular weight excluding hydrogens is 212 g/mol. The lowest BCUT2D eigenvalue weighted by molar-refractivity contribution is 0.603. The molecule has 1 rings (SSSR count). The van der Waals surface area contributed by atoms with Gasteiger partial charge in [-0.1, -0.05) is 34.1 Å². The molecule has 0 radical (unpaired) electrons. The predicted molar refractivity (Wildman–Crippen MR) is 47.6 cm³/mol. The van der Waals surface area contributed by atoms with Crippen molar-refractivity contribution >= 4 is 32.2 Å². The second-order valence-electron chi connectivity index (χ2n) is 1.78. The molecule has 0 N–H and O–H groups in total. The summed E-state index contributed by atoms with van der Waals surface area (Å²) in [6.07, 6.45) is 0. The molecule has 0 amide bonds. The zero-order valence-corrected chi connectivity index (χ0v) is 7.61. The second-order valence-corrected chi connectivity index (χ2v) is 3.76. The molecular formula is C7H6BrOS-. The van der Waals surface area contributed by atoms with Gasteiger partial charge in [-0.05, 0) is 6.07 Å². The van der Waals surface area contributed by atoms with Crippen LogP contribution in [0, 0.1) is 0 Å². The number of hydrogen-bond donors (Lipinski definition) is 0. The molecule has 0 bridgehead atoms. The Morgan fingerprint density at radius 2 is 2.00 bits per heavy atom. The third kappa shape index (κ3) is 1.61. The molecule has 0 atom stereocenters. The van der Waals surface area contributed by atoms with Crippen molar-refractivity contribution in [2.75, 3.05) is 0 Å². The summed E-state index contributed by atoms with van der Waals surface area (Å²) in [4.78, 5) is 0.738. The zero-order valence-electron chi connectivity index (χ0n) is 5.21. The van der Waals surface area contributed by atoms with Crippen molar-refractivity contribution in [3.05, 3.63) is 28.7 Å². The molecule has 0 heterocycles. The van der Waals surface area contributed by atoms with Crippen LogP contribution >= 0.6 is 15.9 Å². The summed E-state index contributed by atoms with van der Waals surface area (Å²) < 4.78 is 11.7. The highest BCUT2D eigenvalue weighted by Gasteiger charge is 1.85. The van der Waals surface area contributed by atoms with Crippen LogP contribution in [0.25, 0.3) is 0 Å². The number of rotatable bonds is 1. The van der Waals surface area contributed by atoms with Crippen LogP contribution in [-0.2, 0) is 14.6 Å². The molecule has 0 saturated carbocycles. The molecule has 0 fully saturated rings. The Balaban J connectivity index is 3.28. The van der Waals surface area contributed by atoms with E-state index in [-0.39, 0.29) is 0 Å². The highest BCUT2D eigenvalue weighted by Crippen LogP contribution is 2.16. The molecule has 0 aliphatic carbocycles. The van der Waals surface area contributed by atoms with E-state index in [2.05, 4.69) is 21.8 Å². The molecule has 1 aromatic rings. The molecule has 1 aromatic carbocycles. The van der Waals surface area contributed by atoms with Gasteiger partial charge >= 0.3 is 0 Å². The van der Waals surface area contributed by atoms with Crippen molar-refractivity contribution < 1.29 is 4.21 Å². The van der Waals surface area contributed by atoms with Gasteiger partial charge in [0.25, 0.3) is 0 Å². The fourth-order valence-electron chi connectivity index (χ4n) is 0.629. The van der Waals surface area contributed by atoms with Gasteiger partial charge in [-0.3, -0.25) is 0 Å². The third-order valence-corrected chi connectivity index (χ3v) is 2.88. The van der Waals surface area contributed by atoms with Crippen molar-refractivity contribution in [3.63, 3.8) is 0 Å². The minimum Gasteiger partial charge on any atom is -0.457 e. The first-order valence-electron chi connectivity index (χ1n) is 2.68. The lowest BCUT2D eigenvalue weighted by Crippen LogP contribution is -1.78. The van der Waals surface area contributed by atoms with Crippen LogP contribution in [0.4, 0.5) is 0 Å². The molecule has 3 heteroatoms. The number of benzene rings is 1. The van der Waals surface area contributed by atoms with Gasteiger partial charge in [0.05, 0.1) is 0 Å². The standard InChI is InChI=1S/C7H6BrOS/c1-10(9)7-5-3-2-4-6(7)8/h2-5H,1H2/q-1. The molecule has 54 valence electrons. The maximum absolute atomic E-state index is 10.8. The number of halogens is 1. The SMILES string of the molecule is C=[S-](=O)c1ccccc1Br. The maximum Gasteiger partial charge on any atom is 0.00134 e. The van der Waals surface area contributed by atoms with Crippen LogP contribution in [-0.4, -0.2) is 5.87 Å². The molecule has 0 aliphatic heterocycles. The van der Waals surface area contributed by atoms with E-state index in [9.17, 15) is 4.21 Å². The van der Waals surface area contributed by atoms with E-state index in [0.29, 0.717) is 0 Å². The summed E-state index contributed by atoms with van der Waals surface area (Å²) in [6, 6.07) is 7.34. The lowest BCUT2D eigenvalue weighted by atomic mass is 10.4. The van der Waals surface area contributed by atoms with E-state index in [1.807, 2.05) is 18.2 Å². The van der Waals surface area contributed by atoms with Gasteiger partial charge < -0.3 is 4.21 Å². The molecule has 0 spiro atoms. The van der Waals surface area contributed by atoms with E-state index >= 15 is 0 Å². The average Bonchev–Trinajstić information content (AvgIpc) is 1.88. The topological polar surface area (TPSA) is 17.1 Å². The zero-order chi connectivity index (χ0) is 7.56. The van der Waals surface area contributed by atoms with Gasteiger partial charge in [0.2, 0.25) is 0 Å². The van der Waals surface area contributed by atoms with Crippen molar-refractivity contribution in [2.24, 2.45) is 0 Å². The fraction of sp³-hybridized carbons (Fsp3) is 0. The van der Waals surface area contributed by atoms with Crippen LogP contribution in [0.1, 0.15) is 0 Å². The van der Waals surface area contributed by atoms with Crippen LogP contribution < -0.4 is 0 Å². The minimum atomic E-state index is -1.14. The fourth-order valence-corrected chi connectivity index (χ4v) is 1.97. The van der Waals surface area contributed by atoms with E-state index in [0.717, 1.165) is 9.37 Å². The Labute approximate surface area is 70.2 Å². The average molecular weight is 218 g/mol. The Morgan fingerprint density at radius 1 is 1.40 bits per heavy atom. The van der Waals surface area contributed by atoms with E-state index in [4.69, 9.17) is 0 Å². The van der Waals surface area contributed by atoms with Crippen LogP contribution in [0.2, 0.25) is 0 Å². The molecule has 0 aromatic heterocycles. The van der Waals surface area contributed by atoms with Crippen molar-refractivity contribution in [1.29, 1.82) is 0 Å². The van der Waals surface area contributed by atoms with E-state index < -0.39 is 10.4 Å². The summed E-state index contributed by atoms with van der Waals surface area (Å²) in [5.74, 6) is 3.41. The Kier molecular flexibility index (Phi) is 2.51. The van der Waals surface area contributed by atoms with Gasteiger partial charge in [-0.25, -0.2) is 10.4 Å². The molecule has 0 saturated heterocycles. The van der Waals surface area contributed by atoms with Gasteiger partial charge in [0.1, 0.15) is 0 Å². The first-order chi connectivity index (χ1) is 4.72. The van der Waals surface area contributed by atoms with Crippen LogP contribution in [0.3, 0.4) is 0 Å². The lowest BCUT2D eigenvalue weighted by Gasteiger charge is -2.04. The maximum atomic E-state index is 10.8. The summed E-state index contributed by atoms with van der Waals surface area (Å²) in [6.45, 7) is 0. The largest absolute Gasteiger partial charge is 0.457 e. The van der Waals surface area contributed by atoms with E-state index in [1.165, 1.54) is 0 Å². The highest BCUT2D eigenvalue weighted by molar-refractivity contribution is 9.10. The van der Waals surface area contributed by atoms with Crippen molar-refractivity contribution in [1.82, 2.24) is 0 Å². The van der Waals surface area contributed by atoms with Gasteiger partial charge in [-0.15, -0.1) is 4.90 Å². The van der Waals surface area contributed by atoms with Crippen molar-refractivity contribution in [3.8, 4) is 0 Å². The molecule has 0 aliphatic rings. The Bertz CT molecular complexity index is 296. The first-order valence-corrected chi connectivity index (χ1v) is 4.79. The summed E-state index contributed by atoms with van der Waals surface area (Å²) in [5, 5.41) is 0. The van der Waals surface area contributed by atoms with Gasteiger partial charge in [-0.2, -0.15) is 5.87 Å². The van der Waals surface area contributed by atoms with Crippen molar-refractivity contribution in [2.45, 2.75) is 4.90 Å².